The molecular formula is C18H29N5O+2. The molecule has 0 aliphatic carbocycles. The van der Waals surface area contributed by atoms with E-state index in [9.17, 15) is 5.26 Å². The van der Waals surface area contributed by atoms with Crippen LogP contribution in [0.3, 0.4) is 0 Å². The summed E-state index contributed by atoms with van der Waals surface area (Å²) in [6.45, 7) is 8.35. The van der Waals surface area contributed by atoms with Crippen molar-refractivity contribution in [1.82, 2.24) is 0 Å². The molecule has 6 nitrogen and oxygen atoms in total. The van der Waals surface area contributed by atoms with E-state index in [4.69, 9.17) is 4.74 Å². The maximum absolute atomic E-state index is 9.82. The van der Waals surface area contributed by atoms with E-state index in [1.807, 2.05) is 0 Å². The maximum Gasteiger partial charge on any atom is 0.240 e. The fraction of sp³-hybridized carbons (Fsp3) is 0.667. The number of unbranched alkanes of at least 4 members (excludes halogenated alkanes) is 1. The maximum atomic E-state index is 9.82. The van der Waals surface area contributed by atoms with Crippen molar-refractivity contribution in [2.24, 2.45) is 0 Å². The van der Waals surface area contributed by atoms with Crippen LogP contribution in [0.5, 0.6) is 0 Å². The van der Waals surface area contributed by atoms with Gasteiger partial charge in [-0.15, -0.1) is 0 Å². The number of morpholine rings is 1. The Bertz CT molecular complexity index is 619. The van der Waals surface area contributed by atoms with E-state index in [-0.39, 0.29) is 0 Å². The van der Waals surface area contributed by atoms with Crippen molar-refractivity contribution in [3.05, 3.63) is 16.7 Å². The number of quaternary nitrogens is 1. The highest BCUT2D eigenvalue weighted by Crippen LogP contribution is 2.27. The Kier molecular flexibility index (Phi) is 5.54. The van der Waals surface area contributed by atoms with E-state index in [2.05, 4.69) is 35.2 Å². The molecular weight excluding hydrogens is 302 g/mol. The highest BCUT2D eigenvalue weighted by molar-refractivity contribution is 5.61. The average Bonchev–Trinajstić information content (AvgIpc) is 2.62. The third-order valence-electron chi connectivity index (χ3n) is 5.00. The summed E-state index contributed by atoms with van der Waals surface area (Å²) in [5, 5.41) is 13.4. The molecule has 2 aliphatic heterocycles. The predicted molar refractivity (Wildman–Crippen MR) is 93.3 cm³/mol. The van der Waals surface area contributed by atoms with E-state index in [1.54, 1.807) is 0 Å². The second-order valence-corrected chi connectivity index (χ2v) is 6.81. The molecule has 130 valence electrons. The van der Waals surface area contributed by atoms with Gasteiger partial charge in [0.2, 0.25) is 11.6 Å². The number of aromatic nitrogens is 1. The Balaban J connectivity index is 2.01. The zero-order chi connectivity index (χ0) is 16.9. The molecule has 3 heterocycles. The monoisotopic (exact) mass is 331 g/mol. The van der Waals surface area contributed by atoms with Gasteiger partial charge in [-0.2, -0.15) is 5.26 Å². The number of hydrogen-bond acceptors (Lipinski definition) is 4. The van der Waals surface area contributed by atoms with Gasteiger partial charge in [-0.3, -0.25) is 4.90 Å². The number of fused-ring (bicyclic) bond motifs is 1. The van der Waals surface area contributed by atoms with Crippen LogP contribution in [-0.2, 0) is 17.7 Å². The van der Waals surface area contributed by atoms with Crippen molar-refractivity contribution in [2.75, 3.05) is 56.7 Å². The Labute approximate surface area is 144 Å². The molecule has 6 heteroatoms. The van der Waals surface area contributed by atoms with E-state index >= 15 is 0 Å². The Morgan fingerprint density at radius 3 is 2.83 bits per heavy atom. The van der Waals surface area contributed by atoms with Crippen molar-refractivity contribution in [3.8, 4) is 6.07 Å². The van der Waals surface area contributed by atoms with Crippen LogP contribution in [0.2, 0.25) is 0 Å². The van der Waals surface area contributed by atoms with Crippen molar-refractivity contribution in [2.45, 2.75) is 32.7 Å². The fourth-order valence-corrected chi connectivity index (χ4v) is 3.59. The molecule has 3 N–H and O–H groups in total. The molecule has 2 aliphatic rings. The number of H-pyrrole nitrogens is 1. The first-order valence-corrected chi connectivity index (χ1v) is 9.13. The lowest BCUT2D eigenvalue weighted by atomic mass is 9.95. The molecule has 0 saturated carbocycles. The first-order chi connectivity index (χ1) is 11.7. The number of ether oxygens (including phenoxy) is 1. The molecule has 1 aromatic heterocycles. The minimum absolute atomic E-state index is 0.723. The SMILES string of the molecule is CCCCNc1[nH+]c(N2CCOCC2)c(C#N)c2c1C[NH+](C)CC2. The normalized spacial score (nSPS) is 20.4. The Morgan fingerprint density at radius 2 is 2.12 bits per heavy atom. The molecule has 1 unspecified atom stereocenters. The van der Waals surface area contributed by atoms with Gasteiger partial charge in [0, 0.05) is 6.42 Å². The molecule has 1 atom stereocenters. The first kappa shape index (κ1) is 17.0. The summed E-state index contributed by atoms with van der Waals surface area (Å²) in [4.78, 5) is 7.32. The second kappa shape index (κ2) is 7.82. The van der Waals surface area contributed by atoms with E-state index in [1.165, 1.54) is 22.4 Å². The van der Waals surface area contributed by atoms with Crippen LogP contribution < -0.4 is 20.1 Å². The zero-order valence-electron chi connectivity index (χ0n) is 14.9. The van der Waals surface area contributed by atoms with Gasteiger partial charge in [-0.1, -0.05) is 13.3 Å². The van der Waals surface area contributed by atoms with Gasteiger partial charge in [0.25, 0.3) is 0 Å². The highest BCUT2D eigenvalue weighted by atomic mass is 16.5. The number of anilines is 2. The Morgan fingerprint density at radius 1 is 1.33 bits per heavy atom. The summed E-state index contributed by atoms with van der Waals surface area (Å²) in [6.07, 6.45) is 3.30. The second-order valence-electron chi connectivity index (χ2n) is 6.81. The van der Waals surface area contributed by atoms with Gasteiger partial charge < -0.3 is 15.0 Å². The molecule has 0 amide bonds. The zero-order valence-corrected chi connectivity index (χ0v) is 14.9. The molecule has 1 fully saturated rings. The smallest absolute Gasteiger partial charge is 0.240 e. The lowest BCUT2D eigenvalue weighted by Gasteiger charge is -2.28. The molecule has 1 saturated heterocycles. The van der Waals surface area contributed by atoms with Crippen LogP contribution in [0.15, 0.2) is 0 Å². The predicted octanol–water partition coefficient (Wildman–Crippen LogP) is -0.00822. The van der Waals surface area contributed by atoms with Crippen LogP contribution in [0.25, 0.3) is 0 Å². The van der Waals surface area contributed by atoms with Gasteiger partial charge in [0.05, 0.1) is 52.0 Å². The lowest BCUT2D eigenvalue weighted by molar-refractivity contribution is -0.895. The van der Waals surface area contributed by atoms with Crippen molar-refractivity contribution < 1.29 is 14.6 Å². The third-order valence-corrected chi connectivity index (χ3v) is 5.00. The van der Waals surface area contributed by atoms with Gasteiger partial charge in [-0.05, 0) is 12.0 Å². The molecule has 1 aromatic rings. The molecule has 0 bridgehead atoms. The average molecular weight is 331 g/mol. The first-order valence-electron chi connectivity index (χ1n) is 9.13. The number of rotatable bonds is 5. The summed E-state index contributed by atoms with van der Waals surface area (Å²) in [5.41, 5.74) is 3.37. The number of likely N-dealkylation sites (N-methyl/N-ethyl adjacent to an activating group) is 1. The number of nitrogens with one attached hydrogen (secondary N) is 3. The van der Waals surface area contributed by atoms with Gasteiger partial charge in [0.15, 0.2) is 0 Å². The Hall–Kier alpha value is -1.84. The number of hydrogen-bond donors (Lipinski definition) is 2. The number of pyridine rings is 1. The van der Waals surface area contributed by atoms with Gasteiger partial charge >= 0.3 is 0 Å². The van der Waals surface area contributed by atoms with Crippen LogP contribution in [0.1, 0.15) is 36.5 Å². The topological polar surface area (TPSA) is 66.9 Å². The van der Waals surface area contributed by atoms with E-state index in [0.29, 0.717) is 0 Å². The van der Waals surface area contributed by atoms with Gasteiger partial charge in [-0.25, -0.2) is 4.98 Å². The summed E-state index contributed by atoms with van der Waals surface area (Å²) < 4.78 is 5.47. The van der Waals surface area contributed by atoms with Crippen LogP contribution in [-0.4, -0.2) is 46.4 Å². The van der Waals surface area contributed by atoms with Crippen LogP contribution in [0.4, 0.5) is 11.6 Å². The summed E-state index contributed by atoms with van der Waals surface area (Å²) in [6, 6.07) is 2.48. The van der Waals surface area contributed by atoms with Crippen LogP contribution >= 0.6 is 0 Å². The van der Waals surface area contributed by atoms with Crippen molar-refractivity contribution in [1.29, 1.82) is 5.26 Å². The molecule has 0 aromatic carbocycles. The van der Waals surface area contributed by atoms with Crippen molar-refractivity contribution in [3.63, 3.8) is 0 Å². The largest absolute Gasteiger partial charge is 0.375 e. The molecule has 0 spiro atoms. The number of nitriles is 1. The molecule has 3 rings (SSSR count). The minimum Gasteiger partial charge on any atom is -0.375 e. The van der Waals surface area contributed by atoms with E-state index < -0.39 is 0 Å². The van der Waals surface area contributed by atoms with Crippen molar-refractivity contribution >= 4 is 11.6 Å². The van der Waals surface area contributed by atoms with Gasteiger partial charge in [0.1, 0.15) is 18.2 Å². The molecule has 0 radical (unpaired) electrons. The summed E-state index contributed by atoms with van der Waals surface area (Å²) in [5.74, 6) is 2.08. The standard InChI is InChI=1S/C18H27N5O/c1-3-4-6-20-17-16-13-22(2)7-5-14(16)15(12-19)18(21-17)23-8-10-24-11-9-23/h3-11,13H2,1-2H3,(H,20,21)/p+2. The van der Waals surface area contributed by atoms with Crippen LogP contribution in [0, 0.1) is 11.3 Å². The highest BCUT2D eigenvalue weighted by Gasteiger charge is 2.31. The number of aromatic amines is 1. The summed E-state index contributed by atoms with van der Waals surface area (Å²) in [7, 11) is 2.22. The van der Waals surface area contributed by atoms with E-state index in [0.717, 1.165) is 76.0 Å². The quantitative estimate of drug-likeness (QED) is 0.745. The molecule has 24 heavy (non-hydrogen) atoms. The number of nitrogens with zero attached hydrogens (tertiary/aromatic N) is 2. The minimum atomic E-state index is 0.723. The summed E-state index contributed by atoms with van der Waals surface area (Å²) >= 11 is 0. The fourth-order valence-electron chi connectivity index (χ4n) is 3.59. The third kappa shape index (κ3) is 3.47. The lowest BCUT2D eigenvalue weighted by Crippen LogP contribution is -3.08.